The van der Waals surface area contributed by atoms with Crippen LogP contribution in [0.2, 0.25) is 0 Å². The molecule has 0 aromatic heterocycles. The fraction of sp³-hybridized carbons (Fsp3) is 0.692. The van der Waals surface area contributed by atoms with Crippen molar-refractivity contribution in [1.29, 1.82) is 0 Å². The van der Waals surface area contributed by atoms with E-state index in [0.29, 0.717) is 6.54 Å². The zero-order chi connectivity index (χ0) is 13.5. The summed E-state index contributed by atoms with van der Waals surface area (Å²) >= 11 is 5.65. The molecule has 1 saturated heterocycles. The summed E-state index contributed by atoms with van der Waals surface area (Å²) in [5.74, 6) is 0.213. The first-order chi connectivity index (χ1) is 8.40. The Balaban J connectivity index is 2.25. The maximum Gasteiger partial charge on any atom is 0.249 e. The smallest absolute Gasteiger partial charge is 0.249 e. The first kappa shape index (κ1) is 13.4. The zero-order valence-corrected chi connectivity index (χ0v) is 11.8. The third-order valence-electron chi connectivity index (χ3n) is 3.93. The normalized spacial score (nSPS) is 33.7. The van der Waals surface area contributed by atoms with Gasteiger partial charge in [-0.15, -0.1) is 0 Å². The summed E-state index contributed by atoms with van der Waals surface area (Å²) < 4.78 is 0. The molecule has 1 heterocycles. The molecule has 2 aliphatic rings. The van der Waals surface area contributed by atoms with Crippen molar-refractivity contribution in [3.63, 3.8) is 0 Å². The van der Waals surface area contributed by atoms with Crippen molar-refractivity contribution in [2.24, 2.45) is 5.92 Å². The van der Waals surface area contributed by atoms with Crippen molar-refractivity contribution in [2.45, 2.75) is 45.2 Å². The molecule has 18 heavy (non-hydrogen) atoms. The van der Waals surface area contributed by atoms with Crippen LogP contribution in [0.5, 0.6) is 0 Å². The van der Waals surface area contributed by atoms with E-state index in [1.54, 1.807) is 11.8 Å². The van der Waals surface area contributed by atoms with Crippen LogP contribution in [0.15, 0.2) is 11.1 Å². The van der Waals surface area contributed by atoms with Crippen LogP contribution in [-0.4, -0.2) is 34.8 Å². The van der Waals surface area contributed by atoms with E-state index in [0.717, 1.165) is 18.4 Å². The predicted octanol–water partition coefficient (Wildman–Crippen LogP) is 1.64. The van der Waals surface area contributed by atoms with Gasteiger partial charge >= 0.3 is 0 Å². The van der Waals surface area contributed by atoms with Crippen LogP contribution in [0.25, 0.3) is 0 Å². The number of carbonyl (C=O) groups is 2. The van der Waals surface area contributed by atoms with Gasteiger partial charge in [-0.05, 0) is 45.1 Å². The molecule has 4 nitrogen and oxygen atoms in total. The number of amides is 2. The molecular weight excluding hydrogens is 252 g/mol. The minimum Gasteiger partial charge on any atom is -0.340 e. The lowest BCUT2D eigenvalue weighted by molar-refractivity contribution is -0.154. The maximum absolute atomic E-state index is 12.6. The van der Waals surface area contributed by atoms with Crippen molar-refractivity contribution in [1.82, 2.24) is 10.2 Å². The van der Waals surface area contributed by atoms with Gasteiger partial charge in [-0.25, -0.2) is 0 Å². The minimum atomic E-state index is -0.726. The van der Waals surface area contributed by atoms with Crippen molar-refractivity contribution in [2.75, 3.05) is 6.54 Å². The van der Waals surface area contributed by atoms with Gasteiger partial charge in [0.15, 0.2) is 0 Å². The average molecular weight is 271 g/mol. The molecule has 0 spiro atoms. The summed E-state index contributed by atoms with van der Waals surface area (Å²) in [6.45, 7) is 5.86. The molecule has 5 heteroatoms. The molecule has 2 rings (SSSR count). The average Bonchev–Trinajstić information content (AvgIpc) is 3.16. The molecule has 1 aliphatic carbocycles. The van der Waals surface area contributed by atoms with E-state index in [-0.39, 0.29) is 17.7 Å². The number of nitrogens with one attached hydrogen (secondary N) is 1. The maximum atomic E-state index is 12.6. The monoisotopic (exact) mass is 270 g/mol. The quantitative estimate of drug-likeness (QED) is 0.848. The second kappa shape index (κ2) is 4.57. The van der Waals surface area contributed by atoms with Gasteiger partial charge in [-0.1, -0.05) is 11.6 Å². The van der Waals surface area contributed by atoms with Crippen LogP contribution in [-0.2, 0) is 9.59 Å². The van der Waals surface area contributed by atoms with Crippen LogP contribution in [0.1, 0.15) is 33.6 Å². The molecule has 0 radical (unpaired) electrons. The highest BCUT2D eigenvalue weighted by Gasteiger charge is 2.54. The van der Waals surface area contributed by atoms with Crippen LogP contribution < -0.4 is 5.32 Å². The summed E-state index contributed by atoms with van der Waals surface area (Å²) in [5, 5.41) is 2.89. The largest absolute Gasteiger partial charge is 0.340 e. The molecule has 1 saturated carbocycles. The van der Waals surface area contributed by atoms with Gasteiger partial charge in [0.25, 0.3) is 0 Å². The Morgan fingerprint density at radius 2 is 2.17 bits per heavy atom. The van der Waals surface area contributed by atoms with Crippen molar-refractivity contribution < 1.29 is 9.59 Å². The Morgan fingerprint density at radius 3 is 2.67 bits per heavy atom. The van der Waals surface area contributed by atoms with Crippen molar-refractivity contribution >= 4 is 23.4 Å². The lowest BCUT2D eigenvalue weighted by Gasteiger charge is -2.43. The van der Waals surface area contributed by atoms with Crippen LogP contribution in [0.3, 0.4) is 0 Å². The van der Waals surface area contributed by atoms with Crippen LogP contribution in [0.4, 0.5) is 0 Å². The number of hydrogen-bond acceptors (Lipinski definition) is 2. The van der Waals surface area contributed by atoms with Crippen LogP contribution in [0, 0.1) is 5.92 Å². The van der Waals surface area contributed by atoms with Crippen molar-refractivity contribution in [3.05, 3.63) is 11.1 Å². The van der Waals surface area contributed by atoms with Gasteiger partial charge in [0.2, 0.25) is 11.8 Å². The molecule has 1 aliphatic heterocycles. The molecule has 0 aromatic carbocycles. The van der Waals surface area contributed by atoms with E-state index < -0.39 is 11.6 Å². The van der Waals surface area contributed by atoms with E-state index in [1.165, 1.54) is 5.54 Å². The molecule has 0 bridgehead atoms. The van der Waals surface area contributed by atoms with Crippen LogP contribution >= 0.6 is 11.6 Å². The molecule has 0 aromatic rings. The fourth-order valence-corrected chi connectivity index (χ4v) is 2.55. The van der Waals surface area contributed by atoms with Gasteiger partial charge in [0.05, 0.1) is 0 Å². The Morgan fingerprint density at radius 1 is 1.56 bits per heavy atom. The second-order valence-corrected chi connectivity index (χ2v) is 5.75. The fourth-order valence-electron chi connectivity index (χ4n) is 2.48. The Hall–Kier alpha value is -1.03. The molecule has 1 N–H and O–H groups in total. The number of piperazine rings is 1. The highest BCUT2D eigenvalue weighted by atomic mass is 35.5. The highest BCUT2D eigenvalue weighted by Crippen LogP contribution is 2.42. The first-order valence-electron chi connectivity index (χ1n) is 6.29. The zero-order valence-electron chi connectivity index (χ0n) is 11.0. The van der Waals surface area contributed by atoms with E-state index in [1.807, 2.05) is 13.8 Å². The lowest BCUT2D eigenvalue weighted by Crippen LogP contribution is -2.69. The summed E-state index contributed by atoms with van der Waals surface area (Å²) in [6.07, 6.45) is 2.02. The summed E-state index contributed by atoms with van der Waals surface area (Å²) in [6, 6.07) is -0.434. The van der Waals surface area contributed by atoms with E-state index in [9.17, 15) is 9.59 Å². The highest BCUT2D eigenvalue weighted by molar-refractivity contribution is 6.25. The number of rotatable bonds is 3. The third kappa shape index (κ3) is 2.14. The molecule has 2 atom stereocenters. The standard InChI is InChI=1S/C13H19ClN2O2/c1-8(6-14)7-16-9(2)11(17)15-13(3,12(16)18)10-4-5-10/h6,9-10H,4-5,7H2,1-3H3,(H,15,17). The van der Waals surface area contributed by atoms with Gasteiger partial charge in [-0.2, -0.15) is 0 Å². The van der Waals surface area contributed by atoms with Crippen molar-refractivity contribution in [3.8, 4) is 0 Å². The SMILES string of the molecule is CC(=CCl)CN1C(=O)C(C)(C2CC2)NC(=O)C1C. The summed E-state index contributed by atoms with van der Waals surface area (Å²) in [4.78, 5) is 26.2. The molecule has 2 unspecified atom stereocenters. The Kier molecular flexibility index (Phi) is 3.41. The van der Waals surface area contributed by atoms with E-state index >= 15 is 0 Å². The van der Waals surface area contributed by atoms with Gasteiger partial charge in [-0.3, -0.25) is 9.59 Å². The number of nitrogens with zero attached hydrogens (tertiary/aromatic N) is 1. The molecular formula is C13H19ClN2O2. The Labute approximate surface area is 112 Å². The minimum absolute atomic E-state index is 0.00923. The summed E-state index contributed by atoms with van der Waals surface area (Å²) in [7, 11) is 0. The van der Waals surface area contributed by atoms with Gasteiger partial charge in [0.1, 0.15) is 11.6 Å². The predicted molar refractivity (Wildman–Crippen MR) is 70.1 cm³/mol. The van der Waals surface area contributed by atoms with E-state index in [2.05, 4.69) is 5.32 Å². The third-order valence-corrected chi connectivity index (χ3v) is 4.31. The molecule has 100 valence electrons. The topological polar surface area (TPSA) is 49.4 Å². The number of hydrogen-bond donors (Lipinski definition) is 1. The lowest BCUT2D eigenvalue weighted by atomic mass is 9.89. The number of carbonyl (C=O) groups excluding carboxylic acids is 2. The first-order valence-corrected chi connectivity index (χ1v) is 6.72. The second-order valence-electron chi connectivity index (χ2n) is 5.53. The summed E-state index contributed by atoms with van der Waals surface area (Å²) in [5.41, 5.74) is 1.61. The van der Waals surface area contributed by atoms with Gasteiger partial charge < -0.3 is 10.2 Å². The molecule has 2 amide bonds. The van der Waals surface area contributed by atoms with E-state index in [4.69, 9.17) is 11.6 Å². The number of halogens is 1. The Bertz CT molecular complexity index is 417. The molecule has 2 fully saturated rings. The van der Waals surface area contributed by atoms with Gasteiger partial charge in [0, 0.05) is 12.1 Å².